The van der Waals surface area contributed by atoms with Gasteiger partial charge in [-0.1, -0.05) is 6.08 Å². The van der Waals surface area contributed by atoms with E-state index in [-0.39, 0.29) is 11.2 Å². The second kappa shape index (κ2) is 5.20. The van der Waals surface area contributed by atoms with Gasteiger partial charge in [0.25, 0.3) is 0 Å². The summed E-state index contributed by atoms with van der Waals surface area (Å²) in [5.74, 6) is 0. The first-order chi connectivity index (χ1) is 9.25. The van der Waals surface area contributed by atoms with Gasteiger partial charge < -0.3 is 20.8 Å². The van der Waals surface area contributed by atoms with Gasteiger partial charge in [0.1, 0.15) is 0 Å². The monoisotopic (exact) mass is 275 g/mol. The van der Waals surface area contributed by atoms with Crippen molar-refractivity contribution in [3.05, 3.63) is 29.5 Å². The summed E-state index contributed by atoms with van der Waals surface area (Å²) < 4.78 is 12.0. The minimum absolute atomic E-state index is 0.353. The van der Waals surface area contributed by atoms with Crippen molar-refractivity contribution in [3.63, 3.8) is 0 Å². The van der Waals surface area contributed by atoms with E-state index in [0.29, 0.717) is 12.2 Å². The van der Waals surface area contributed by atoms with Crippen LogP contribution < -0.4 is 11.5 Å². The Kier molecular flexibility index (Phi) is 3.91. The van der Waals surface area contributed by atoms with E-state index >= 15 is 0 Å². The van der Waals surface area contributed by atoms with Crippen molar-refractivity contribution in [1.82, 2.24) is 4.98 Å². The van der Waals surface area contributed by atoms with Crippen LogP contribution in [-0.2, 0) is 9.31 Å². The zero-order chi connectivity index (χ0) is 15.0. The number of nitrogen functional groups attached to an aromatic ring is 1. The maximum absolute atomic E-state index is 6.00. The van der Waals surface area contributed by atoms with Gasteiger partial charge in [-0.3, -0.25) is 4.98 Å². The van der Waals surface area contributed by atoms with Crippen LogP contribution in [0.1, 0.15) is 33.3 Å². The van der Waals surface area contributed by atoms with Crippen molar-refractivity contribution >= 4 is 18.9 Å². The lowest BCUT2D eigenvalue weighted by atomic mass is 9.77. The summed E-state index contributed by atoms with van der Waals surface area (Å²) in [7, 11) is -0.438. The van der Waals surface area contributed by atoms with E-state index in [1.165, 1.54) is 0 Å². The molecule has 20 heavy (non-hydrogen) atoms. The number of nitrogens with zero attached hydrogens (tertiary/aromatic N) is 1. The highest BCUT2D eigenvalue weighted by Gasteiger charge is 2.52. The third-order valence-corrected chi connectivity index (χ3v) is 3.92. The summed E-state index contributed by atoms with van der Waals surface area (Å²) in [6, 6.07) is 1.84. The second-order valence-electron chi connectivity index (χ2n) is 6.06. The molecule has 2 rings (SSSR count). The Balaban J connectivity index is 2.26. The van der Waals surface area contributed by atoms with Crippen molar-refractivity contribution in [2.75, 3.05) is 12.3 Å². The number of hydrogen-bond donors (Lipinski definition) is 2. The van der Waals surface area contributed by atoms with E-state index in [4.69, 9.17) is 20.8 Å². The summed E-state index contributed by atoms with van der Waals surface area (Å²) in [6.07, 6.45) is 5.26. The molecule has 0 aromatic carbocycles. The fraction of sp³-hybridized carbons (Fsp3) is 0.500. The topological polar surface area (TPSA) is 83.4 Å². The van der Waals surface area contributed by atoms with E-state index < -0.39 is 7.12 Å². The van der Waals surface area contributed by atoms with E-state index in [9.17, 15) is 0 Å². The van der Waals surface area contributed by atoms with Gasteiger partial charge in [0.15, 0.2) is 0 Å². The van der Waals surface area contributed by atoms with Crippen LogP contribution in [-0.4, -0.2) is 29.8 Å². The molecule has 0 aliphatic carbocycles. The number of nitrogens with two attached hydrogens (primary N) is 2. The van der Waals surface area contributed by atoms with Crippen LogP contribution in [0.4, 0.5) is 5.69 Å². The third-order valence-electron chi connectivity index (χ3n) is 3.92. The number of rotatable bonds is 3. The van der Waals surface area contributed by atoms with Crippen LogP contribution in [0, 0.1) is 0 Å². The molecule has 0 bridgehead atoms. The molecule has 0 unspecified atom stereocenters. The van der Waals surface area contributed by atoms with Gasteiger partial charge in [-0.2, -0.15) is 0 Å². The highest BCUT2D eigenvalue weighted by Crippen LogP contribution is 2.38. The molecule has 0 saturated carbocycles. The maximum Gasteiger partial charge on any atom is 0.491 e. The SMILES string of the molecule is CC1(C)OB(C(=Cc2cncc(N)c2)CN)OC1(C)C. The number of anilines is 1. The lowest BCUT2D eigenvalue weighted by Crippen LogP contribution is -2.41. The largest absolute Gasteiger partial charge is 0.491 e. The molecule has 4 N–H and O–H groups in total. The zero-order valence-corrected chi connectivity index (χ0v) is 12.5. The molecular weight excluding hydrogens is 253 g/mol. The summed E-state index contributed by atoms with van der Waals surface area (Å²) in [5.41, 5.74) is 13.2. The Morgan fingerprint density at radius 1 is 1.25 bits per heavy atom. The maximum atomic E-state index is 6.00. The van der Waals surface area contributed by atoms with Crippen LogP contribution in [0.3, 0.4) is 0 Å². The average Bonchev–Trinajstić information content (AvgIpc) is 2.55. The molecule has 108 valence electrons. The standard InChI is InChI=1S/C14H22BN3O2/c1-13(2)14(3,4)20-15(19-13)11(7-16)5-10-6-12(17)9-18-8-10/h5-6,8-9H,7,16-17H2,1-4H3. The second-order valence-corrected chi connectivity index (χ2v) is 6.06. The Morgan fingerprint density at radius 2 is 1.85 bits per heavy atom. The van der Waals surface area contributed by atoms with Crippen LogP contribution in [0.25, 0.3) is 6.08 Å². The van der Waals surface area contributed by atoms with Gasteiger partial charge in [0, 0.05) is 18.9 Å². The van der Waals surface area contributed by atoms with Gasteiger partial charge in [-0.15, -0.1) is 0 Å². The molecule has 1 aromatic rings. The fourth-order valence-corrected chi connectivity index (χ4v) is 1.99. The summed E-state index contributed by atoms with van der Waals surface area (Å²) in [5, 5.41) is 0. The number of hydrogen-bond acceptors (Lipinski definition) is 5. The van der Waals surface area contributed by atoms with Crippen LogP contribution in [0.5, 0.6) is 0 Å². The molecule has 5 nitrogen and oxygen atoms in total. The quantitative estimate of drug-likeness (QED) is 0.819. The van der Waals surface area contributed by atoms with Crippen molar-refractivity contribution in [2.24, 2.45) is 5.73 Å². The normalized spacial score (nSPS) is 21.2. The van der Waals surface area contributed by atoms with E-state index in [1.807, 2.05) is 39.8 Å². The van der Waals surface area contributed by atoms with Gasteiger partial charge >= 0.3 is 7.12 Å². The highest BCUT2D eigenvalue weighted by molar-refractivity contribution is 6.55. The van der Waals surface area contributed by atoms with Crippen LogP contribution in [0.2, 0.25) is 0 Å². The predicted octanol–water partition coefficient (Wildman–Crippen LogP) is 1.64. The molecule has 1 fully saturated rings. The van der Waals surface area contributed by atoms with Crippen molar-refractivity contribution in [2.45, 2.75) is 38.9 Å². The highest BCUT2D eigenvalue weighted by atomic mass is 16.7. The Labute approximate surface area is 120 Å². The minimum atomic E-state index is -0.438. The first kappa shape index (κ1) is 15.0. The molecule has 6 heteroatoms. The Bertz CT molecular complexity index is 513. The fourth-order valence-electron chi connectivity index (χ4n) is 1.99. The van der Waals surface area contributed by atoms with Crippen molar-refractivity contribution in [1.29, 1.82) is 0 Å². The van der Waals surface area contributed by atoms with Crippen molar-refractivity contribution in [3.8, 4) is 0 Å². The first-order valence-electron chi connectivity index (χ1n) is 6.72. The van der Waals surface area contributed by atoms with Crippen LogP contribution in [0.15, 0.2) is 23.9 Å². The molecule has 1 saturated heterocycles. The molecule has 0 amide bonds. The first-order valence-corrected chi connectivity index (χ1v) is 6.72. The summed E-state index contributed by atoms with van der Waals surface area (Å²) in [4.78, 5) is 4.06. The number of aromatic nitrogens is 1. The summed E-state index contributed by atoms with van der Waals surface area (Å²) in [6.45, 7) is 8.42. The van der Waals surface area contributed by atoms with Gasteiger partial charge in [-0.05, 0) is 44.8 Å². The molecule has 1 aromatic heterocycles. The lowest BCUT2D eigenvalue weighted by Gasteiger charge is -2.32. The van der Waals surface area contributed by atoms with Gasteiger partial charge in [-0.25, -0.2) is 0 Å². The minimum Gasteiger partial charge on any atom is -0.400 e. The van der Waals surface area contributed by atoms with E-state index in [1.54, 1.807) is 12.4 Å². The van der Waals surface area contributed by atoms with Gasteiger partial charge in [0.05, 0.1) is 16.9 Å². The Hall–Kier alpha value is -1.37. The third kappa shape index (κ3) is 2.87. The van der Waals surface area contributed by atoms with E-state index in [0.717, 1.165) is 11.0 Å². The van der Waals surface area contributed by atoms with E-state index in [2.05, 4.69) is 4.98 Å². The molecule has 1 aliphatic rings. The number of pyridine rings is 1. The smallest absolute Gasteiger partial charge is 0.400 e. The molecule has 0 spiro atoms. The average molecular weight is 275 g/mol. The van der Waals surface area contributed by atoms with Crippen molar-refractivity contribution < 1.29 is 9.31 Å². The molecule has 0 atom stereocenters. The molecule has 1 aliphatic heterocycles. The molecule has 0 radical (unpaired) electrons. The summed E-state index contributed by atoms with van der Waals surface area (Å²) >= 11 is 0. The molecular formula is C14H22BN3O2. The predicted molar refractivity (Wildman–Crippen MR) is 81.8 cm³/mol. The zero-order valence-electron chi connectivity index (χ0n) is 12.5. The Morgan fingerprint density at radius 3 is 2.35 bits per heavy atom. The van der Waals surface area contributed by atoms with Gasteiger partial charge in [0.2, 0.25) is 0 Å². The van der Waals surface area contributed by atoms with Crippen LogP contribution >= 0.6 is 0 Å². The lowest BCUT2D eigenvalue weighted by molar-refractivity contribution is 0.00578. The molecule has 2 heterocycles.